The van der Waals surface area contributed by atoms with Gasteiger partial charge < -0.3 is 5.32 Å². The number of sulfonamides is 1. The maximum atomic E-state index is 13.7. The molecule has 5 nitrogen and oxygen atoms in total. The molecular weight excluding hydrogens is 456 g/mol. The molecule has 0 radical (unpaired) electrons. The first-order valence-electron chi connectivity index (χ1n) is 12.1. The van der Waals surface area contributed by atoms with E-state index in [0.29, 0.717) is 18.0 Å². The standard InChI is InChI=1S/C29H36N2O3S/c1-7-28(25-11-10-22(5)23(6)18-25)30-29(32)19-31(26-14-12-24(13-15-26)20(2)3)35(33,34)27-16-8-21(4)9-17-27/h8-18,20,28H,7,19H2,1-6H3,(H,30,32). The summed E-state index contributed by atoms with van der Waals surface area (Å²) in [6, 6.07) is 20.0. The molecule has 0 fully saturated rings. The van der Waals surface area contributed by atoms with Crippen LogP contribution in [0.2, 0.25) is 0 Å². The van der Waals surface area contributed by atoms with Crippen molar-refractivity contribution in [3.63, 3.8) is 0 Å². The monoisotopic (exact) mass is 492 g/mol. The van der Waals surface area contributed by atoms with Gasteiger partial charge in [0.15, 0.2) is 0 Å². The van der Waals surface area contributed by atoms with Gasteiger partial charge in [-0.25, -0.2) is 8.42 Å². The molecule has 0 spiro atoms. The van der Waals surface area contributed by atoms with Crippen molar-refractivity contribution in [2.24, 2.45) is 0 Å². The Bertz CT molecular complexity index is 1260. The van der Waals surface area contributed by atoms with Crippen molar-refractivity contribution in [3.05, 3.63) is 94.5 Å². The predicted octanol–water partition coefficient (Wildman–Crippen LogP) is 6.20. The molecule has 0 aliphatic heterocycles. The lowest BCUT2D eigenvalue weighted by molar-refractivity contribution is -0.120. The lowest BCUT2D eigenvalue weighted by Crippen LogP contribution is -2.42. The fourth-order valence-corrected chi connectivity index (χ4v) is 5.37. The summed E-state index contributed by atoms with van der Waals surface area (Å²) >= 11 is 0. The van der Waals surface area contributed by atoms with Crippen molar-refractivity contribution in [1.82, 2.24) is 5.32 Å². The Hall–Kier alpha value is -3.12. The highest BCUT2D eigenvalue weighted by atomic mass is 32.2. The van der Waals surface area contributed by atoms with E-state index in [1.165, 1.54) is 9.87 Å². The first-order valence-corrected chi connectivity index (χ1v) is 13.5. The van der Waals surface area contributed by atoms with Crippen LogP contribution in [-0.2, 0) is 14.8 Å². The summed E-state index contributed by atoms with van der Waals surface area (Å²) in [7, 11) is -3.95. The Morgan fingerprint density at radius 1 is 0.857 bits per heavy atom. The van der Waals surface area contributed by atoms with E-state index in [2.05, 4.69) is 32.2 Å². The van der Waals surface area contributed by atoms with E-state index in [4.69, 9.17) is 0 Å². The fourth-order valence-electron chi connectivity index (χ4n) is 3.95. The molecule has 3 aromatic carbocycles. The van der Waals surface area contributed by atoms with Gasteiger partial charge in [0.25, 0.3) is 10.0 Å². The molecule has 35 heavy (non-hydrogen) atoms. The zero-order valence-corrected chi connectivity index (χ0v) is 22.3. The topological polar surface area (TPSA) is 66.5 Å². The Morgan fingerprint density at radius 3 is 2.00 bits per heavy atom. The Balaban J connectivity index is 1.93. The molecule has 6 heteroatoms. The van der Waals surface area contributed by atoms with Gasteiger partial charge in [-0.15, -0.1) is 0 Å². The molecule has 0 aromatic heterocycles. The van der Waals surface area contributed by atoms with Crippen molar-refractivity contribution in [3.8, 4) is 0 Å². The predicted molar refractivity (Wildman–Crippen MR) is 143 cm³/mol. The average molecular weight is 493 g/mol. The number of hydrogen-bond donors (Lipinski definition) is 1. The van der Waals surface area contributed by atoms with Crippen LogP contribution in [0, 0.1) is 20.8 Å². The summed E-state index contributed by atoms with van der Waals surface area (Å²) in [6.45, 7) is 11.9. The SMILES string of the molecule is CCC(NC(=O)CN(c1ccc(C(C)C)cc1)S(=O)(=O)c1ccc(C)cc1)c1ccc(C)c(C)c1. The van der Waals surface area contributed by atoms with E-state index >= 15 is 0 Å². The Morgan fingerprint density at radius 2 is 1.46 bits per heavy atom. The molecular formula is C29H36N2O3S. The maximum Gasteiger partial charge on any atom is 0.264 e. The van der Waals surface area contributed by atoms with Crippen LogP contribution in [-0.4, -0.2) is 20.9 Å². The third-order valence-electron chi connectivity index (χ3n) is 6.42. The summed E-state index contributed by atoms with van der Waals surface area (Å²) in [5, 5.41) is 3.05. The molecule has 3 aromatic rings. The number of nitrogens with zero attached hydrogens (tertiary/aromatic N) is 1. The summed E-state index contributed by atoms with van der Waals surface area (Å²) < 4.78 is 28.5. The second-order valence-corrected chi connectivity index (χ2v) is 11.3. The van der Waals surface area contributed by atoms with Gasteiger partial charge in [0.05, 0.1) is 16.6 Å². The van der Waals surface area contributed by atoms with Gasteiger partial charge in [-0.1, -0.05) is 68.8 Å². The molecule has 186 valence electrons. The van der Waals surface area contributed by atoms with Gasteiger partial charge in [0, 0.05) is 0 Å². The van der Waals surface area contributed by atoms with Crippen LogP contribution in [0.15, 0.2) is 71.6 Å². The molecule has 1 amide bonds. The van der Waals surface area contributed by atoms with E-state index in [-0.39, 0.29) is 23.4 Å². The van der Waals surface area contributed by atoms with Crippen LogP contribution in [0.5, 0.6) is 0 Å². The van der Waals surface area contributed by atoms with Gasteiger partial charge in [-0.3, -0.25) is 9.10 Å². The molecule has 3 rings (SSSR count). The van der Waals surface area contributed by atoms with Crippen LogP contribution in [0.4, 0.5) is 5.69 Å². The van der Waals surface area contributed by atoms with Crippen LogP contribution >= 0.6 is 0 Å². The summed E-state index contributed by atoms with van der Waals surface area (Å²) in [5.74, 6) is -0.0310. The molecule has 0 aliphatic carbocycles. The average Bonchev–Trinajstić information content (AvgIpc) is 2.83. The van der Waals surface area contributed by atoms with Gasteiger partial charge in [-0.05, 0) is 79.6 Å². The van der Waals surface area contributed by atoms with Crippen molar-refractivity contribution in [2.75, 3.05) is 10.8 Å². The van der Waals surface area contributed by atoms with E-state index in [0.717, 1.165) is 22.3 Å². The smallest absolute Gasteiger partial charge is 0.264 e. The van der Waals surface area contributed by atoms with Crippen molar-refractivity contribution >= 4 is 21.6 Å². The van der Waals surface area contributed by atoms with E-state index < -0.39 is 10.0 Å². The normalized spacial score (nSPS) is 12.4. The summed E-state index contributed by atoms with van der Waals surface area (Å²) in [5.41, 5.74) is 5.89. The molecule has 0 saturated heterocycles. The van der Waals surface area contributed by atoms with Crippen molar-refractivity contribution < 1.29 is 13.2 Å². The molecule has 1 unspecified atom stereocenters. The molecule has 1 N–H and O–H groups in total. The number of carbonyl (C=O) groups excluding carboxylic acids is 1. The number of nitrogens with one attached hydrogen (secondary N) is 1. The van der Waals surface area contributed by atoms with Crippen molar-refractivity contribution in [1.29, 1.82) is 0 Å². The third kappa shape index (κ3) is 6.31. The van der Waals surface area contributed by atoms with E-state index in [1.54, 1.807) is 36.4 Å². The summed E-state index contributed by atoms with van der Waals surface area (Å²) in [6.07, 6.45) is 0.696. The van der Waals surface area contributed by atoms with Crippen LogP contribution in [0.3, 0.4) is 0 Å². The first kappa shape index (κ1) is 26.5. The van der Waals surface area contributed by atoms with Crippen LogP contribution in [0.1, 0.15) is 67.0 Å². The fraction of sp³-hybridized carbons (Fsp3) is 0.345. The van der Waals surface area contributed by atoms with Gasteiger partial charge in [0.2, 0.25) is 5.91 Å². The van der Waals surface area contributed by atoms with E-state index in [9.17, 15) is 13.2 Å². The molecule has 1 atom stereocenters. The molecule has 0 saturated carbocycles. The second kappa shape index (κ2) is 11.1. The first-order chi connectivity index (χ1) is 16.5. The number of hydrogen-bond acceptors (Lipinski definition) is 3. The highest BCUT2D eigenvalue weighted by Crippen LogP contribution is 2.27. The second-order valence-electron chi connectivity index (χ2n) is 9.44. The Kier molecular flexibility index (Phi) is 8.39. The third-order valence-corrected chi connectivity index (χ3v) is 8.21. The summed E-state index contributed by atoms with van der Waals surface area (Å²) in [4.78, 5) is 13.4. The maximum absolute atomic E-state index is 13.7. The van der Waals surface area contributed by atoms with Crippen molar-refractivity contribution in [2.45, 2.75) is 64.8 Å². The zero-order chi connectivity index (χ0) is 25.8. The lowest BCUT2D eigenvalue weighted by Gasteiger charge is -2.26. The molecule has 0 heterocycles. The number of rotatable bonds is 9. The highest BCUT2D eigenvalue weighted by molar-refractivity contribution is 7.92. The number of carbonyl (C=O) groups is 1. The number of amides is 1. The minimum atomic E-state index is -3.95. The quantitative estimate of drug-likeness (QED) is 0.387. The highest BCUT2D eigenvalue weighted by Gasteiger charge is 2.28. The minimum absolute atomic E-state index is 0.157. The lowest BCUT2D eigenvalue weighted by atomic mass is 9.99. The van der Waals surface area contributed by atoms with Gasteiger partial charge in [0.1, 0.15) is 6.54 Å². The number of aryl methyl sites for hydroxylation is 3. The largest absolute Gasteiger partial charge is 0.348 e. The Labute approximate surface area is 210 Å². The minimum Gasteiger partial charge on any atom is -0.348 e. The van der Waals surface area contributed by atoms with E-state index in [1.807, 2.05) is 45.0 Å². The number of anilines is 1. The zero-order valence-electron chi connectivity index (χ0n) is 21.5. The van der Waals surface area contributed by atoms with Crippen LogP contribution < -0.4 is 9.62 Å². The molecule has 0 aliphatic rings. The molecule has 0 bridgehead atoms. The van der Waals surface area contributed by atoms with Gasteiger partial charge in [-0.2, -0.15) is 0 Å². The number of benzene rings is 3. The van der Waals surface area contributed by atoms with Crippen LogP contribution in [0.25, 0.3) is 0 Å². The van der Waals surface area contributed by atoms with Gasteiger partial charge >= 0.3 is 0 Å².